The van der Waals surface area contributed by atoms with Gasteiger partial charge in [-0.15, -0.1) is 5.10 Å². The van der Waals surface area contributed by atoms with Crippen LogP contribution in [0.5, 0.6) is 0 Å². The van der Waals surface area contributed by atoms with E-state index in [1.165, 1.54) is 0 Å². The third kappa shape index (κ3) is 3.08. The fraction of sp³-hybridized carbons (Fsp3) is 0.353. The van der Waals surface area contributed by atoms with Gasteiger partial charge in [0.05, 0.1) is 6.20 Å². The van der Waals surface area contributed by atoms with Crippen LogP contribution in [0.1, 0.15) is 33.4 Å². The van der Waals surface area contributed by atoms with Gasteiger partial charge in [-0.05, 0) is 39.8 Å². The van der Waals surface area contributed by atoms with Crippen molar-refractivity contribution >= 4 is 11.5 Å². The molecule has 0 aliphatic heterocycles. The summed E-state index contributed by atoms with van der Waals surface area (Å²) in [4.78, 5) is 2.02. The maximum absolute atomic E-state index is 8.59. The Bertz CT molecular complexity index is 656. The minimum atomic E-state index is 0.204. The molecule has 1 aromatic carbocycles. The van der Waals surface area contributed by atoms with Crippen LogP contribution < -0.4 is 5.73 Å². The fourth-order valence-electron chi connectivity index (χ4n) is 2.70. The molecule has 0 unspecified atom stereocenters. The first-order chi connectivity index (χ1) is 10.4. The van der Waals surface area contributed by atoms with Gasteiger partial charge in [0.25, 0.3) is 0 Å². The van der Waals surface area contributed by atoms with Crippen molar-refractivity contribution in [1.82, 2.24) is 15.1 Å². The Labute approximate surface area is 131 Å². The van der Waals surface area contributed by atoms with Crippen LogP contribution in [0.4, 0.5) is 5.69 Å². The second kappa shape index (κ2) is 6.56. The Kier molecular flexibility index (Phi) is 4.75. The van der Waals surface area contributed by atoms with Crippen molar-refractivity contribution < 1.29 is 0 Å². The molecule has 116 valence electrons. The fourth-order valence-corrected chi connectivity index (χ4v) is 2.70. The second-order valence-corrected chi connectivity index (χ2v) is 5.82. The van der Waals surface area contributed by atoms with Crippen LogP contribution in [0.15, 0.2) is 36.5 Å². The van der Waals surface area contributed by atoms with Crippen LogP contribution >= 0.6 is 0 Å². The summed E-state index contributed by atoms with van der Waals surface area (Å²) in [6.45, 7) is 8.28. The Balaban J connectivity index is 2.54. The van der Waals surface area contributed by atoms with E-state index >= 15 is 0 Å². The Morgan fingerprint density at radius 3 is 2.27 bits per heavy atom. The molecule has 0 amide bonds. The molecule has 0 spiro atoms. The number of benzene rings is 1. The molecule has 0 bridgehead atoms. The molecular weight excluding hydrogens is 274 g/mol. The number of aromatic nitrogens is 2. The molecule has 1 heterocycles. The monoisotopic (exact) mass is 297 g/mol. The first-order valence-electron chi connectivity index (χ1n) is 7.47. The minimum absolute atomic E-state index is 0.204. The number of nitrogens with zero attached hydrogens (tertiary/aromatic N) is 3. The molecule has 2 rings (SSSR count). The van der Waals surface area contributed by atoms with Crippen molar-refractivity contribution in [2.75, 3.05) is 5.73 Å². The van der Waals surface area contributed by atoms with Gasteiger partial charge in [-0.2, -0.15) is 5.10 Å². The van der Waals surface area contributed by atoms with Crippen LogP contribution in [0.2, 0.25) is 0 Å². The summed E-state index contributed by atoms with van der Waals surface area (Å²) >= 11 is 0. The number of rotatable bonds is 4. The highest BCUT2D eigenvalue weighted by Crippen LogP contribution is 2.28. The van der Waals surface area contributed by atoms with Gasteiger partial charge < -0.3 is 10.6 Å². The molecule has 0 radical (unpaired) electrons. The number of hydrogen-bond acceptors (Lipinski definition) is 4. The Morgan fingerprint density at radius 2 is 1.68 bits per heavy atom. The zero-order chi connectivity index (χ0) is 16.3. The third-order valence-corrected chi connectivity index (χ3v) is 3.57. The second-order valence-electron chi connectivity index (χ2n) is 5.82. The molecule has 0 aliphatic rings. The zero-order valence-corrected chi connectivity index (χ0v) is 13.5. The average Bonchev–Trinajstić information content (AvgIpc) is 2.47. The lowest BCUT2D eigenvalue weighted by Crippen LogP contribution is -2.42. The summed E-state index contributed by atoms with van der Waals surface area (Å²) in [6, 6.07) is 9.89. The van der Waals surface area contributed by atoms with E-state index in [0.29, 0.717) is 17.2 Å². The van der Waals surface area contributed by atoms with Crippen LogP contribution in [-0.4, -0.2) is 33.0 Å². The number of para-hydroxylation sites is 1. The zero-order valence-electron chi connectivity index (χ0n) is 13.5. The number of amidine groups is 1. The lowest BCUT2D eigenvalue weighted by molar-refractivity contribution is 0.290. The molecule has 0 saturated carbocycles. The van der Waals surface area contributed by atoms with Crippen LogP contribution in [0.3, 0.4) is 0 Å². The molecule has 1 aromatic heterocycles. The van der Waals surface area contributed by atoms with Gasteiger partial charge in [-0.1, -0.05) is 18.2 Å². The predicted molar refractivity (Wildman–Crippen MR) is 90.8 cm³/mol. The average molecular weight is 297 g/mol. The van der Waals surface area contributed by atoms with Gasteiger partial charge in [0.2, 0.25) is 0 Å². The van der Waals surface area contributed by atoms with E-state index in [0.717, 1.165) is 11.1 Å². The molecule has 2 aromatic rings. The van der Waals surface area contributed by atoms with Crippen LogP contribution in [0, 0.1) is 5.41 Å². The lowest BCUT2D eigenvalue weighted by atomic mass is 10.0. The summed E-state index contributed by atoms with van der Waals surface area (Å²) in [6.07, 6.45) is 1.63. The predicted octanol–water partition coefficient (Wildman–Crippen LogP) is 3.17. The van der Waals surface area contributed by atoms with Crippen LogP contribution in [0.25, 0.3) is 11.1 Å². The SMILES string of the molecule is CC(C)N(C(=N)c1nnccc1-c1ccccc1N)C(C)C. The van der Waals surface area contributed by atoms with E-state index in [2.05, 4.69) is 37.9 Å². The number of nitrogens with two attached hydrogens (primary N) is 1. The van der Waals surface area contributed by atoms with Gasteiger partial charge in [0.15, 0.2) is 0 Å². The summed E-state index contributed by atoms with van der Waals surface area (Å²) in [7, 11) is 0. The summed E-state index contributed by atoms with van der Waals surface area (Å²) in [5.41, 5.74) is 9.03. The number of nitrogen functional groups attached to an aromatic ring is 1. The van der Waals surface area contributed by atoms with Crippen molar-refractivity contribution in [1.29, 1.82) is 5.41 Å². The molecule has 22 heavy (non-hydrogen) atoms. The van der Waals surface area contributed by atoms with Crippen molar-refractivity contribution in [3.63, 3.8) is 0 Å². The molecule has 5 heteroatoms. The highest BCUT2D eigenvalue weighted by atomic mass is 15.2. The largest absolute Gasteiger partial charge is 0.398 e. The number of anilines is 1. The summed E-state index contributed by atoms with van der Waals surface area (Å²) in [5, 5.41) is 16.8. The van der Waals surface area contributed by atoms with Crippen LogP contribution in [-0.2, 0) is 0 Å². The Morgan fingerprint density at radius 1 is 1.05 bits per heavy atom. The van der Waals surface area contributed by atoms with E-state index in [4.69, 9.17) is 11.1 Å². The molecule has 5 nitrogen and oxygen atoms in total. The van der Waals surface area contributed by atoms with E-state index < -0.39 is 0 Å². The molecule has 0 fully saturated rings. The molecular formula is C17H23N5. The summed E-state index contributed by atoms with van der Waals surface area (Å²) in [5.74, 6) is 0.372. The van der Waals surface area contributed by atoms with Crippen molar-refractivity contribution in [3.05, 3.63) is 42.2 Å². The minimum Gasteiger partial charge on any atom is -0.398 e. The van der Waals surface area contributed by atoms with E-state index in [1.54, 1.807) is 6.20 Å². The van der Waals surface area contributed by atoms with Gasteiger partial charge in [-0.3, -0.25) is 5.41 Å². The first-order valence-corrected chi connectivity index (χ1v) is 7.47. The van der Waals surface area contributed by atoms with Crippen molar-refractivity contribution in [2.45, 2.75) is 39.8 Å². The van der Waals surface area contributed by atoms with E-state index in [9.17, 15) is 0 Å². The van der Waals surface area contributed by atoms with Crippen molar-refractivity contribution in [3.8, 4) is 11.1 Å². The summed E-state index contributed by atoms with van der Waals surface area (Å²) < 4.78 is 0. The van der Waals surface area contributed by atoms with Gasteiger partial charge >= 0.3 is 0 Å². The maximum atomic E-state index is 8.59. The normalized spacial score (nSPS) is 11.0. The van der Waals surface area contributed by atoms with E-state index in [-0.39, 0.29) is 12.1 Å². The number of nitrogens with one attached hydrogen (secondary N) is 1. The third-order valence-electron chi connectivity index (χ3n) is 3.57. The molecule has 0 atom stereocenters. The Hall–Kier alpha value is -2.43. The van der Waals surface area contributed by atoms with Gasteiger partial charge in [-0.25, -0.2) is 0 Å². The highest BCUT2D eigenvalue weighted by molar-refractivity contribution is 6.02. The quantitative estimate of drug-likeness (QED) is 0.516. The molecule has 0 aliphatic carbocycles. The smallest absolute Gasteiger partial charge is 0.150 e. The molecule has 0 saturated heterocycles. The lowest BCUT2D eigenvalue weighted by Gasteiger charge is -2.33. The number of hydrogen-bond donors (Lipinski definition) is 2. The molecule has 3 N–H and O–H groups in total. The maximum Gasteiger partial charge on any atom is 0.150 e. The first kappa shape index (κ1) is 15.9. The van der Waals surface area contributed by atoms with Crippen molar-refractivity contribution in [2.24, 2.45) is 0 Å². The highest BCUT2D eigenvalue weighted by Gasteiger charge is 2.23. The van der Waals surface area contributed by atoms with Gasteiger partial charge in [0.1, 0.15) is 11.5 Å². The van der Waals surface area contributed by atoms with E-state index in [1.807, 2.05) is 35.2 Å². The topological polar surface area (TPSA) is 78.9 Å². The van der Waals surface area contributed by atoms with Gasteiger partial charge in [0, 0.05) is 28.9 Å². The standard InChI is InChI=1S/C17H23N5/c1-11(2)22(12(3)4)17(19)16-14(9-10-20-21-16)13-7-5-6-8-15(13)18/h5-12,19H,18H2,1-4H3.